The van der Waals surface area contributed by atoms with Gasteiger partial charge in [0, 0.05) is 26.2 Å². The second-order valence-corrected chi connectivity index (χ2v) is 4.97. The van der Waals surface area contributed by atoms with Crippen molar-refractivity contribution in [1.29, 1.82) is 0 Å². The Labute approximate surface area is 114 Å². The topological polar surface area (TPSA) is 35.5 Å². The molecule has 1 fully saturated rings. The first kappa shape index (κ1) is 14.2. The average Bonchev–Trinajstić information content (AvgIpc) is 2.46. The second-order valence-electron chi connectivity index (χ2n) is 4.97. The van der Waals surface area contributed by atoms with Crippen molar-refractivity contribution in [1.82, 2.24) is 0 Å². The summed E-state index contributed by atoms with van der Waals surface area (Å²) in [7, 11) is 0. The average molecular weight is 262 g/mol. The van der Waals surface area contributed by atoms with Crippen LogP contribution in [0.15, 0.2) is 30.3 Å². The molecule has 1 aliphatic heterocycles. The molecule has 104 valence electrons. The molecule has 3 heteroatoms. The third kappa shape index (κ3) is 4.15. The fourth-order valence-corrected chi connectivity index (χ4v) is 2.51. The van der Waals surface area contributed by atoms with Crippen LogP contribution in [0.5, 0.6) is 0 Å². The van der Waals surface area contributed by atoms with Gasteiger partial charge in [-0.15, -0.1) is 0 Å². The van der Waals surface area contributed by atoms with E-state index in [1.807, 2.05) is 37.3 Å². The molecule has 19 heavy (non-hydrogen) atoms. The van der Waals surface area contributed by atoms with E-state index in [2.05, 4.69) is 0 Å². The molecule has 2 rings (SSSR count). The molecule has 1 atom stereocenters. The molecule has 0 bridgehead atoms. The van der Waals surface area contributed by atoms with Crippen molar-refractivity contribution in [3.8, 4) is 0 Å². The highest BCUT2D eigenvalue weighted by Gasteiger charge is 2.25. The predicted molar refractivity (Wildman–Crippen MR) is 74.0 cm³/mol. The molecule has 1 aromatic carbocycles. The van der Waals surface area contributed by atoms with Crippen LogP contribution in [0.25, 0.3) is 0 Å². The Bertz CT molecular complexity index is 382. The van der Waals surface area contributed by atoms with E-state index in [0.717, 1.165) is 31.6 Å². The van der Waals surface area contributed by atoms with E-state index in [0.29, 0.717) is 18.9 Å². The van der Waals surface area contributed by atoms with Crippen LogP contribution in [0.4, 0.5) is 0 Å². The van der Waals surface area contributed by atoms with Gasteiger partial charge in [0.1, 0.15) is 6.10 Å². The van der Waals surface area contributed by atoms with Crippen molar-refractivity contribution >= 4 is 5.78 Å². The Kier molecular flexibility index (Phi) is 5.55. The van der Waals surface area contributed by atoms with Crippen LogP contribution in [0.3, 0.4) is 0 Å². The van der Waals surface area contributed by atoms with Crippen LogP contribution in [0.1, 0.15) is 37.9 Å². The van der Waals surface area contributed by atoms with Gasteiger partial charge in [-0.3, -0.25) is 4.79 Å². The lowest BCUT2D eigenvalue weighted by Gasteiger charge is -2.24. The van der Waals surface area contributed by atoms with Gasteiger partial charge in [-0.1, -0.05) is 30.3 Å². The van der Waals surface area contributed by atoms with Gasteiger partial charge in [0.25, 0.3) is 0 Å². The van der Waals surface area contributed by atoms with Crippen molar-refractivity contribution in [3.05, 3.63) is 35.9 Å². The van der Waals surface area contributed by atoms with Gasteiger partial charge in [0.2, 0.25) is 0 Å². The molecular weight excluding hydrogens is 240 g/mol. The van der Waals surface area contributed by atoms with Gasteiger partial charge in [-0.05, 0) is 31.2 Å². The van der Waals surface area contributed by atoms with Gasteiger partial charge in [0.05, 0.1) is 0 Å². The molecular formula is C16H22O3. The Morgan fingerprint density at radius 1 is 1.32 bits per heavy atom. The quantitative estimate of drug-likeness (QED) is 0.790. The molecule has 1 aliphatic rings. The fraction of sp³-hybridized carbons (Fsp3) is 0.562. The summed E-state index contributed by atoms with van der Waals surface area (Å²) in [6.45, 7) is 4.04. The van der Waals surface area contributed by atoms with E-state index in [1.165, 1.54) is 0 Å². The van der Waals surface area contributed by atoms with Crippen LogP contribution in [-0.4, -0.2) is 25.6 Å². The minimum Gasteiger partial charge on any atom is -0.381 e. The zero-order valence-electron chi connectivity index (χ0n) is 11.5. The van der Waals surface area contributed by atoms with E-state index in [9.17, 15) is 4.79 Å². The van der Waals surface area contributed by atoms with Crippen LogP contribution in [-0.2, 0) is 14.3 Å². The predicted octanol–water partition coefficient (Wildman–Crippen LogP) is 3.15. The van der Waals surface area contributed by atoms with Crippen molar-refractivity contribution in [2.45, 2.75) is 32.3 Å². The number of hydrogen-bond donors (Lipinski definition) is 0. The zero-order chi connectivity index (χ0) is 13.5. The van der Waals surface area contributed by atoms with Crippen LogP contribution in [0.2, 0.25) is 0 Å². The molecule has 0 amide bonds. The van der Waals surface area contributed by atoms with E-state index < -0.39 is 6.10 Å². The molecule has 0 N–H and O–H groups in total. The van der Waals surface area contributed by atoms with Crippen molar-refractivity contribution in [2.24, 2.45) is 5.92 Å². The molecule has 0 aromatic heterocycles. The van der Waals surface area contributed by atoms with Gasteiger partial charge in [0.15, 0.2) is 5.78 Å². The summed E-state index contributed by atoms with van der Waals surface area (Å²) < 4.78 is 11.0. The molecule has 1 heterocycles. The number of ketones is 1. The first-order chi connectivity index (χ1) is 9.31. The molecule has 3 nitrogen and oxygen atoms in total. The largest absolute Gasteiger partial charge is 0.381 e. The minimum absolute atomic E-state index is 0.194. The maximum absolute atomic E-state index is 12.4. The highest BCUT2D eigenvalue weighted by Crippen LogP contribution is 2.25. The summed E-state index contributed by atoms with van der Waals surface area (Å²) in [5.41, 5.74) is 0.960. The van der Waals surface area contributed by atoms with Crippen LogP contribution in [0, 0.1) is 5.92 Å². The summed E-state index contributed by atoms with van der Waals surface area (Å²) >= 11 is 0. The Morgan fingerprint density at radius 2 is 2.00 bits per heavy atom. The Hall–Kier alpha value is -1.19. The molecule has 1 unspecified atom stereocenters. The number of Topliss-reactive ketones (excluding diaryl/α,β-unsaturated/α-hetero) is 1. The summed E-state index contributed by atoms with van der Waals surface area (Å²) in [5.74, 6) is 0.646. The number of rotatable bonds is 6. The maximum atomic E-state index is 12.4. The molecule has 1 saturated heterocycles. The smallest absolute Gasteiger partial charge is 0.166 e. The molecule has 0 saturated carbocycles. The van der Waals surface area contributed by atoms with Gasteiger partial charge >= 0.3 is 0 Å². The number of carbonyl (C=O) groups is 1. The van der Waals surface area contributed by atoms with Crippen LogP contribution >= 0.6 is 0 Å². The second kappa shape index (κ2) is 7.41. The molecule has 1 aromatic rings. The van der Waals surface area contributed by atoms with Crippen LogP contribution < -0.4 is 0 Å². The summed E-state index contributed by atoms with van der Waals surface area (Å²) in [6.07, 6.45) is 2.16. The molecule has 0 spiro atoms. The highest BCUT2D eigenvalue weighted by molar-refractivity contribution is 5.84. The first-order valence-corrected chi connectivity index (χ1v) is 7.08. The fourth-order valence-electron chi connectivity index (χ4n) is 2.51. The summed E-state index contributed by atoms with van der Waals surface area (Å²) in [5, 5.41) is 0. The lowest BCUT2D eigenvalue weighted by atomic mass is 9.91. The Balaban J connectivity index is 1.99. The van der Waals surface area contributed by atoms with E-state index >= 15 is 0 Å². The molecule has 0 radical (unpaired) electrons. The Morgan fingerprint density at radius 3 is 2.63 bits per heavy atom. The van der Waals surface area contributed by atoms with Gasteiger partial charge in [-0.2, -0.15) is 0 Å². The van der Waals surface area contributed by atoms with Gasteiger partial charge in [-0.25, -0.2) is 0 Å². The van der Waals surface area contributed by atoms with Gasteiger partial charge < -0.3 is 9.47 Å². The lowest BCUT2D eigenvalue weighted by molar-refractivity contribution is -0.132. The van der Waals surface area contributed by atoms with Crippen molar-refractivity contribution in [2.75, 3.05) is 19.8 Å². The number of carbonyl (C=O) groups excluding carboxylic acids is 1. The highest BCUT2D eigenvalue weighted by atomic mass is 16.5. The zero-order valence-corrected chi connectivity index (χ0v) is 11.5. The van der Waals surface area contributed by atoms with Crippen molar-refractivity contribution in [3.63, 3.8) is 0 Å². The molecule has 0 aliphatic carbocycles. The monoisotopic (exact) mass is 262 g/mol. The van der Waals surface area contributed by atoms with E-state index in [4.69, 9.17) is 9.47 Å². The maximum Gasteiger partial charge on any atom is 0.166 e. The normalized spacial score (nSPS) is 18.2. The lowest BCUT2D eigenvalue weighted by Crippen LogP contribution is -2.23. The van der Waals surface area contributed by atoms with Crippen molar-refractivity contribution < 1.29 is 14.3 Å². The summed E-state index contributed by atoms with van der Waals surface area (Å²) in [4.78, 5) is 12.4. The number of benzene rings is 1. The number of ether oxygens (including phenoxy) is 2. The minimum atomic E-state index is -0.408. The third-order valence-electron chi connectivity index (χ3n) is 3.56. The first-order valence-electron chi connectivity index (χ1n) is 7.08. The SMILES string of the molecule is CCOC(C(=O)CC1CCOCC1)c1ccccc1. The summed E-state index contributed by atoms with van der Waals surface area (Å²) in [6, 6.07) is 9.77. The number of hydrogen-bond acceptors (Lipinski definition) is 3. The van der Waals surface area contributed by atoms with E-state index in [1.54, 1.807) is 0 Å². The van der Waals surface area contributed by atoms with E-state index in [-0.39, 0.29) is 5.78 Å². The third-order valence-corrected chi connectivity index (χ3v) is 3.56. The standard InChI is InChI=1S/C16H22O3/c1-2-19-16(14-6-4-3-5-7-14)15(17)12-13-8-10-18-11-9-13/h3-7,13,16H,2,8-12H2,1H3.